The molecule has 0 radical (unpaired) electrons. The average molecular weight is 360 g/mol. The average Bonchev–Trinajstić information content (AvgIpc) is 2.54. The van der Waals surface area contributed by atoms with Crippen molar-refractivity contribution in [3.63, 3.8) is 0 Å². The van der Waals surface area contributed by atoms with E-state index in [-0.39, 0.29) is 17.4 Å². The Morgan fingerprint density at radius 3 is 2.43 bits per heavy atom. The topological polar surface area (TPSA) is 99.9 Å². The molecule has 23 heavy (non-hydrogen) atoms. The number of hydrogen-bond acceptors (Lipinski definition) is 7. The Morgan fingerprint density at radius 2 is 1.96 bits per heavy atom. The van der Waals surface area contributed by atoms with Gasteiger partial charge in [0.05, 0.1) is 11.6 Å². The molecule has 0 bridgehead atoms. The normalized spacial score (nSPS) is 12.6. The minimum Gasteiger partial charge on any atom is -0.423 e. The van der Waals surface area contributed by atoms with Crippen LogP contribution in [0.1, 0.15) is 22.8 Å². The van der Waals surface area contributed by atoms with Crippen LogP contribution in [0.25, 0.3) is 0 Å². The van der Waals surface area contributed by atoms with E-state index in [0.717, 1.165) is 5.56 Å². The summed E-state index contributed by atoms with van der Waals surface area (Å²) in [4.78, 5) is 23.4. The Morgan fingerprint density at radius 1 is 1.35 bits per heavy atom. The molecule has 128 valence electrons. The lowest BCUT2D eigenvalue weighted by molar-refractivity contribution is -0.121. The molecule has 1 atom stereocenters. The van der Waals surface area contributed by atoms with E-state index in [0.29, 0.717) is 12.0 Å². The van der Waals surface area contributed by atoms with Crippen molar-refractivity contribution in [1.82, 2.24) is 5.32 Å². The fourth-order valence-corrected chi connectivity index (χ4v) is 2.80. The molecule has 1 amide bonds. The van der Waals surface area contributed by atoms with Crippen LogP contribution in [-0.2, 0) is 32.1 Å². The van der Waals surface area contributed by atoms with Crippen molar-refractivity contribution in [3.8, 4) is 5.75 Å². The van der Waals surface area contributed by atoms with E-state index >= 15 is 0 Å². The second-order valence-corrected chi connectivity index (χ2v) is 7.86. The molecule has 0 heterocycles. The summed E-state index contributed by atoms with van der Waals surface area (Å²) in [5, 5.41) is 2.48. The first kappa shape index (κ1) is 19.7. The molecule has 0 saturated carbocycles. The molecule has 0 unspecified atom stereocenters. The van der Waals surface area contributed by atoms with Crippen LogP contribution in [0, 0.1) is 0 Å². The molecule has 0 aromatic heterocycles. The highest BCUT2D eigenvalue weighted by Crippen LogP contribution is 2.49. The SMILES string of the molecule is CNC(=O)[C@@H](N)Cc1ccc(OP(=S)(OC)OC)c(C(C)=O)c1. The van der Waals surface area contributed by atoms with Crippen molar-refractivity contribution in [3.05, 3.63) is 29.3 Å². The predicted octanol–water partition coefficient (Wildman–Crippen LogP) is 1.40. The van der Waals surface area contributed by atoms with Crippen molar-refractivity contribution in [2.45, 2.75) is 19.4 Å². The zero-order valence-electron chi connectivity index (χ0n) is 13.5. The molecule has 1 rings (SSSR count). The molecule has 0 spiro atoms. The summed E-state index contributed by atoms with van der Waals surface area (Å²) in [6.45, 7) is -1.53. The van der Waals surface area contributed by atoms with E-state index in [9.17, 15) is 9.59 Å². The summed E-state index contributed by atoms with van der Waals surface area (Å²) in [5.41, 5.74) is 6.86. The number of ketones is 1. The van der Waals surface area contributed by atoms with Gasteiger partial charge in [-0.25, -0.2) is 0 Å². The molecule has 0 fully saturated rings. The second kappa shape index (κ2) is 8.52. The van der Waals surface area contributed by atoms with E-state index in [1.54, 1.807) is 18.2 Å². The maximum atomic E-state index is 11.9. The summed E-state index contributed by atoms with van der Waals surface area (Å²) < 4.78 is 15.7. The fraction of sp³-hybridized carbons (Fsp3) is 0.429. The van der Waals surface area contributed by atoms with Gasteiger partial charge in [0.2, 0.25) is 5.91 Å². The molecule has 0 saturated heterocycles. The van der Waals surface area contributed by atoms with Crippen LogP contribution in [0.5, 0.6) is 5.75 Å². The Bertz CT molecular complexity index is 630. The molecule has 3 N–H and O–H groups in total. The fourth-order valence-electron chi connectivity index (χ4n) is 1.86. The van der Waals surface area contributed by atoms with Crippen LogP contribution in [0.2, 0.25) is 0 Å². The number of benzene rings is 1. The van der Waals surface area contributed by atoms with Gasteiger partial charge < -0.3 is 24.6 Å². The van der Waals surface area contributed by atoms with Crippen LogP contribution in [0.4, 0.5) is 0 Å². The van der Waals surface area contributed by atoms with E-state index in [1.165, 1.54) is 28.2 Å². The lowest BCUT2D eigenvalue weighted by atomic mass is 10.0. The lowest BCUT2D eigenvalue weighted by Gasteiger charge is -2.20. The third kappa shape index (κ3) is 5.37. The zero-order chi connectivity index (χ0) is 17.6. The van der Waals surface area contributed by atoms with Gasteiger partial charge in [0, 0.05) is 33.1 Å². The summed E-state index contributed by atoms with van der Waals surface area (Å²) in [5.74, 6) is -0.199. The molecule has 0 aliphatic heterocycles. The van der Waals surface area contributed by atoms with Crippen LogP contribution in [0.15, 0.2) is 18.2 Å². The number of rotatable bonds is 8. The number of carbonyl (C=O) groups excluding carboxylic acids is 2. The Labute approximate surface area is 140 Å². The molecule has 7 nitrogen and oxygen atoms in total. The van der Waals surface area contributed by atoms with Gasteiger partial charge in [0.15, 0.2) is 5.78 Å². The molecule has 9 heteroatoms. The number of hydrogen-bond donors (Lipinski definition) is 2. The number of carbonyl (C=O) groups is 2. The van der Waals surface area contributed by atoms with Crippen molar-refractivity contribution < 1.29 is 23.2 Å². The van der Waals surface area contributed by atoms with E-state index < -0.39 is 12.8 Å². The number of nitrogens with two attached hydrogens (primary N) is 1. The first-order valence-corrected chi connectivity index (χ1v) is 9.34. The quantitative estimate of drug-likeness (QED) is 0.534. The summed E-state index contributed by atoms with van der Waals surface area (Å²) in [7, 11) is 4.28. The molecule has 0 aliphatic carbocycles. The summed E-state index contributed by atoms with van der Waals surface area (Å²) in [6.07, 6.45) is 0.295. The lowest BCUT2D eigenvalue weighted by Crippen LogP contribution is -2.40. The van der Waals surface area contributed by atoms with Gasteiger partial charge in [-0.2, -0.15) is 0 Å². The second-order valence-electron chi connectivity index (χ2n) is 4.72. The molecule has 1 aromatic carbocycles. The van der Waals surface area contributed by atoms with Gasteiger partial charge in [-0.05, 0) is 31.0 Å². The Kier molecular flexibility index (Phi) is 7.31. The van der Waals surface area contributed by atoms with Crippen molar-refractivity contribution in [1.29, 1.82) is 0 Å². The monoisotopic (exact) mass is 360 g/mol. The number of Topliss-reactive ketones (excluding diaryl/α,β-unsaturated/α-hetero) is 1. The Hall–Kier alpha value is -1.31. The van der Waals surface area contributed by atoms with Gasteiger partial charge in [0.1, 0.15) is 5.75 Å². The smallest absolute Gasteiger partial charge is 0.380 e. The van der Waals surface area contributed by atoms with E-state index in [2.05, 4.69) is 5.32 Å². The van der Waals surface area contributed by atoms with Crippen molar-refractivity contribution in [2.75, 3.05) is 21.3 Å². The molecule has 0 aliphatic rings. The first-order valence-electron chi connectivity index (χ1n) is 6.78. The number of amides is 1. The van der Waals surface area contributed by atoms with Gasteiger partial charge in [-0.1, -0.05) is 6.07 Å². The molecule has 1 aromatic rings. The van der Waals surface area contributed by atoms with Crippen LogP contribution >= 0.6 is 6.72 Å². The highest BCUT2D eigenvalue weighted by atomic mass is 32.5. The minimum atomic E-state index is -2.94. The maximum absolute atomic E-state index is 11.9. The Balaban J connectivity index is 3.10. The number of nitrogens with one attached hydrogen (secondary N) is 1. The van der Waals surface area contributed by atoms with Crippen molar-refractivity contribution in [2.24, 2.45) is 5.73 Å². The summed E-state index contributed by atoms with van der Waals surface area (Å²) in [6, 6.07) is 4.25. The predicted molar refractivity (Wildman–Crippen MR) is 91.1 cm³/mol. The van der Waals surface area contributed by atoms with Crippen LogP contribution < -0.4 is 15.6 Å². The number of likely N-dealkylation sites (N-methyl/N-ethyl adjacent to an activating group) is 1. The summed E-state index contributed by atoms with van der Waals surface area (Å²) >= 11 is 5.15. The zero-order valence-corrected chi connectivity index (χ0v) is 15.2. The van der Waals surface area contributed by atoms with Crippen molar-refractivity contribution >= 4 is 30.2 Å². The van der Waals surface area contributed by atoms with Gasteiger partial charge in [-0.15, -0.1) is 0 Å². The van der Waals surface area contributed by atoms with E-state index in [1.807, 2.05) is 0 Å². The molecular formula is C14H21N2O5PS. The maximum Gasteiger partial charge on any atom is 0.380 e. The third-order valence-corrected chi connectivity index (χ3v) is 5.55. The highest BCUT2D eigenvalue weighted by molar-refractivity contribution is 8.07. The standard InChI is InChI=1S/C14H21N2O5PS/c1-9(17)11-7-10(8-12(15)14(18)16-2)5-6-13(11)21-22(23,19-3)20-4/h5-7,12H,8,15H2,1-4H3,(H,16,18)/t12-/m0/s1. The minimum absolute atomic E-state index is 0.205. The van der Waals surface area contributed by atoms with Gasteiger partial charge >= 0.3 is 6.72 Å². The van der Waals surface area contributed by atoms with Crippen LogP contribution in [-0.4, -0.2) is 39.0 Å². The molecular weight excluding hydrogens is 339 g/mol. The third-order valence-electron chi connectivity index (χ3n) is 3.12. The first-order chi connectivity index (χ1) is 10.8. The van der Waals surface area contributed by atoms with Crippen LogP contribution in [0.3, 0.4) is 0 Å². The van der Waals surface area contributed by atoms with Gasteiger partial charge in [0.25, 0.3) is 0 Å². The van der Waals surface area contributed by atoms with E-state index in [4.69, 9.17) is 31.1 Å². The van der Waals surface area contributed by atoms with Gasteiger partial charge in [-0.3, -0.25) is 9.59 Å². The highest BCUT2D eigenvalue weighted by Gasteiger charge is 2.22. The largest absolute Gasteiger partial charge is 0.423 e.